The van der Waals surface area contributed by atoms with Gasteiger partial charge in [-0.25, -0.2) is 4.98 Å². The third-order valence-corrected chi connectivity index (χ3v) is 4.52. The summed E-state index contributed by atoms with van der Waals surface area (Å²) in [6.07, 6.45) is 1.44. The SMILES string of the molecule is O=C(CCC(=O)c1cccs1)NCCC(=O)OCC(=O)Nc1ccc(Cl)cn1. The third kappa shape index (κ3) is 7.85. The molecule has 0 aliphatic heterocycles. The standard InChI is InChI=1S/C18H18ClN3O5S/c19-12-3-5-15(21-10-12)22-17(25)11-27-18(26)7-8-20-16(24)6-4-13(23)14-2-1-9-28-14/h1-3,5,9-10H,4,6-8,11H2,(H,20,24)(H,21,22,25). The molecule has 0 atom stereocenters. The summed E-state index contributed by atoms with van der Waals surface area (Å²) in [4.78, 5) is 51.3. The second-order valence-corrected chi connectivity index (χ2v) is 6.96. The highest BCUT2D eigenvalue weighted by molar-refractivity contribution is 7.12. The number of halogens is 1. The Morgan fingerprint density at radius 2 is 1.89 bits per heavy atom. The lowest BCUT2D eigenvalue weighted by molar-refractivity contribution is -0.147. The van der Waals surface area contributed by atoms with E-state index in [1.165, 1.54) is 23.6 Å². The highest BCUT2D eigenvalue weighted by atomic mass is 35.5. The zero-order chi connectivity index (χ0) is 20.4. The fourth-order valence-electron chi connectivity index (χ4n) is 2.03. The van der Waals surface area contributed by atoms with Gasteiger partial charge in [-0.3, -0.25) is 19.2 Å². The highest BCUT2D eigenvalue weighted by Gasteiger charge is 2.12. The van der Waals surface area contributed by atoms with Crippen molar-refractivity contribution in [2.75, 3.05) is 18.5 Å². The normalized spacial score (nSPS) is 10.2. The van der Waals surface area contributed by atoms with Gasteiger partial charge in [-0.05, 0) is 23.6 Å². The third-order valence-electron chi connectivity index (χ3n) is 3.39. The van der Waals surface area contributed by atoms with Crippen LogP contribution in [0, 0.1) is 0 Å². The number of amides is 2. The molecule has 0 saturated carbocycles. The first kappa shape index (κ1) is 21.5. The summed E-state index contributed by atoms with van der Waals surface area (Å²) in [5.74, 6) is -1.31. The summed E-state index contributed by atoms with van der Waals surface area (Å²) in [6, 6.07) is 6.56. The minimum absolute atomic E-state index is 0.0439. The molecule has 2 amide bonds. The first-order chi connectivity index (χ1) is 13.4. The van der Waals surface area contributed by atoms with E-state index in [2.05, 4.69) is 15.6 Å². The number of ether oxygens (including phenoxy) is 1. The van der Waals surface area contributed by atoms with Crippen molar-refractivity contribution in [1.82, 2.24) is 10.3 Å². The van der Waals surface area contributed by atoms with Crippen molar-refractivity contribution < 1.29 is 23.9 Å². The monoisotopic (exact) mass is 423 g/mol. The minimum Gasteiger partial charge on any atom is -0.456 e. The topological polar surface area (TPSA) is 114 Å². The molecule has 0 unspecified atom stereocenters. The van der Waals surface area contributed by atoms with Crippen LogP contribution in [0.4, 0.5) is 5.82 Å². The molecule has 2 N–H and O–H groups in total. The second kappa shape index (κ2) is 11.2. The fraction of sp³-hybridized carbons (Fsp3) is 0.278. The number of carbonyl (C=O) groups is 4. The predicted molar refractivity (Wildman–Crippen MR) is 104 cm³/mol. The fourth-order valence-corrected chi connectivity index (χ4v) is 2.83. The van der Waals surface area contributed by atoms with Gasteiger partial charge in [-0.2, -0.15) is 0 Å². The number of anilines is 1. The summed E-state index contributed by atoms with van der Waals surface area (Å²) in [6.45, 7) is -0.405. The van der Waals surface area contributed by atoms with Crippen LogP contribution >= 0.6 is 22.9 Å². The van der Waals surface area contributed by atoms with Gasteiger partial charge in [-0.15, -0.1) is 11.3 Å². The van der Waals surface area contributed by atoms with Crippen molar-refractivity contribution in [3.8, 4) is 0 Å². The van der Waals surface area contributed by atoms with Gasteiger partial charge < -0.3 is 15.4 Å². The Morgan fingerprint density at radius 1 is 1.07 bits per heavy atom. The number of ketones is 1. The van der Waals surface area contributed by atoms with Crippen molar-refractivity contribution in [2.45, 2.75) is 19.3 Å². The minimum atomic E-state index is -0.630. The van der Waals surface area contributed by atoms with E-state index in [0.29, 0.717) is 9.90 Å². The average molecular weight is 424 g/mol. The van der Waals surface area contributed by atoms with Crippen molar-refractivity contribution in [3.63, 3.8) is 0 Å². The summed E-state index contributed by atoms with van der Waals surface area (Å²) >= 11 is 7.02. The van der Waals surface area contributed by atoms with E-state index in [4.69, 9.17) is 16.3 Å². The number of rotatable bonds is 10. The van der Waals surface area contributed by atoms with E-state index in [1.807, 2.05) is 0 Å². The van der Waals surface area contributed by atoms with E-state index in [0.717, 1.165) is 0 Å². The Hall–Kier alpha value is -2.78. The number of Topliss-reactive ketones (excluding diaryl/α,β-unsaturated/α-hetero) is 1. The van der Waals surface area contributed by atoms with Crippen LogP contribution in [0.25, 0.3) is 0 Å². The molecule has 2 aromatic heterocycles. The van der Waals surface area contributed by atoms with Crippen LogP contribution in [0.3, 0.4) is 0 Å². The Bertz CT molecular complexity index is 824. The smallest absolute Gasteiger partial charge is 0.308 e. The summed E-state index contributed by atoms with van der Waals surface area (Å²) < 4.78 is 4.82. The molecule has 0 fully saturated rings. The second-order valence-electron chi connectivity index (χ2n) is 5.57. The Balaban J connectivity index is 1.56. The van der Waals surface area contributed by atoms with Gasteiger partial charge in [0.2, 0.25) is 5.91 Å². The zero-order valence-corrected chi connectivity index (χ0v) is 16.3. The van der Waals surface area contributed by atoms with Crippen LogP contribution in [0.15, 0.2) is 35.8 Å². The highest BCUT2D eigenvalue weighted by Crippen LogP contribution is 2.12. The van der Waals surface area contributed by atoms with E-state index >= 15 is 0 Å². The quantitative estimate of drug-likeness (QED) is 0.448. The van der Waals surface area contributed by atoms with Gasteiger partial charge >= 0.3 is 5.97 Å². The van der Waals surface area contributed by atoms with E-state index < -0.39 is 18.5 Å². The molecule has 0 spiro atoms. The number of pyridine rings is 1. The number of esters is 1. The number of nitrogens with zero attached hydrogens (tertiary/aromatic N) is 1. The predicted octanol–water partition coefficient (Wildman–Crippen LogP) is 2.45. The molecule has 0 aliphatic carbocycles. The molecule has 8 nitrogen and oxygen atoms in total. The van der Waals surface area contributed by atoms with Crippen LogP contribution in [0.5, 0.6) is 0 Å². The first-order valence-electron chi connectivity index (χ1n) is 8.34. The van der Waals surface area contributed by atoms with Gasteiger partial charge in [0.1, 0.15) is 5.82 Å². The molecular weight excluding hydrogens is 406 g/mol. The average Bonchev–Trinajstić information content (AvgIpc) is 3.21. The van der Waals surface area contributed by atoms with Gasteiger partial charge in [0.15, 0.2) is 12.4 Å². The number of hydrogen-bond donors (Lipinski definition) is 2. The molecule has 0 bridgehead atoms. The van der Waals surface area contributed by atoms with Gasteiger partial charge in [0.05, 0.1) is 16.3 Å². The van der Waals surface area contributed by atoms with Gasteiger partial charge in [-0.1, -0.05) is 17.7 Å². The van der Waals surface area contributed by atoms with Crippen molar-refractivity contribution in [2.24, 2.45) is 0 Å². The summed E-state index contributed by atoms with van der Waals surface area (Å²) in [7, 11) is 0. The Kier molecular flexibility index (Phi) is 8.57. The molecule has 2 aromatic rings. The molecule has 0 aromatic carbocycles. The van der Waals surface area contributed by atoms with Gasteiger partial charge in [0, 0.05) is 25.6 Å². The van der Waals surface area contributed by atoms with Crippen LogP contribution in [-0.2, 0) is 19.1 Å². The van der Waals surface area contributed by atoms with Crippen LogP contribution in [-0.4, -0.2) is 41.7 Å². The molecular formula is C18H18ClN3O5S. The maximum Gasteiger partial charge on any atom is 0.308 e. The molecule has 0 saturated heterocycles. The van der Waals surface area contributed by atoms with Crippen LogP contribution < -0.4 is 10.6 Å². The lowest BCUT2D eigenvalue weighted by atomic mass is 10.2. The Morgan fingerprint density at radius 3 is 2.57 bits per heavy atom. The molecule has 28 heavy (non-hydrogen) atoms. The zero-order valence-electron chi connectivity index (χ0n) is 14.8. The first-order valence-corrected chi connectivity index (χ1v) is 9.60. The molecule has 148 valence electrons. The van der Waals surface area contributed by atoms with Crippen LogP contribution in [0.2, 0.25) is 5.02 Å². The van der Waals surface area contributed by atoms with E-state index in [9.17, 15) is 19.2 Å². The number of carbonyl (C=O) groups excluding carboxylic acids is 4. The van der Waals surface area contributed by atoms with Crippen molar-refractivity contribution in [1.29, 1.82) is 0 Å². The van der Waals surface area contributed by atoms with Crippen molar-refractivity contribution >= 4 is 52.3 Å². The maximum absolute atomic E-state index is 11.8. The van der Waals surface area contributed by atoms with Gasteiger partial charge in [0.25, 0.3) is 5.91 Å². The van der Waals surface area contributed by atoms with Crippen LogP contribution in [0.1, 0.15) is 28.9 Å². The largest absolute Gasteiger partial charge is 0.456 e. The lowest BCUT2D eigenvalue weighted by Crippen LogP contribution is -2.28. The Labute approximate surface area is 170 Å². The van der Waals surface area contributed by atoms with E-state index in [-0.39, 0.29) is 43.3 Å². The molecule has 2 heterocycles. The molecule has 2 rings (SSSR count). The summed E-state index contributed by atoms with van der Waals surface area (Å²) in [5, 5.41) is 7.22. The van der Waals surface area contributed by atoms with E-state index in [1.54, 1.807) is 23.6 Å². The number of thiophene rings is 1. The number of hydrogen-bond acceptors (Lipinski definition) is 7. The van der Waals surface area contributed by atoms with Crippen molar-refractivity contribution in [3.05, 3.63) is 45.7 Å². The molecule has 0 aliphatic rings. The number of aromatic nitrogens is 1. The molecule has 10 heteroatoms. The molecule has 0 radical (unpaired) electrons. The summed E-state index contributed by atoms with van der Waals surface area (Å²) in [5.41, 5.74) is 0. The number of nitrogens with one attached hydrogen (secondary N) is 2. The maximum atomic E-state index is 11.8. The lowest BCUT2D eigenvalue weighted by Gasteiger charge is -2.07.